The molecule has 1 heterocycles. The second-order valence-corrected chi connectivity index (χ2v) is 4.23. The quantitative estimate of drug-likeness (QED) is 0.843. The minimum atomic E-state index is -0.268. The van der Waals surface area contributed by atoms with Crippen LogP contribution in [-0.4, -0.2) is 24.7 Å². The second-order valence-electron chi connectivity index (χ2n) is 4.23. The molecule has 2 amide bonds. The molecule has 0 unspecified atom stereocenters. The Morgan fingerprint density at radius 2 is 2.18 bits per heavy atom. The Kier molecular flexibility index (Phi) is 4.75. The summed E-state index contributed by atoms with van der Waals surface area (Å²) in [6.45, 7) is 6.55. The summed E-state index contributed by atoms with van der Waals surface area (Å²) in [5, 5.41) is 5.43. The van der Waals surface area contributed by atoms with Crippen molar-refractivity contribution in [2.75, 3.05) is 19.0 Å². The minimum Gasteiger partial charge on any atom is -0.493 e. The normalized spacial score (nSPS) is 10.2. The van der Waals surface area contributed by atoms with Crippen molar-refractivity contribution in [1.29, 1.82) is 0 Å². The van der Waals surface area contributed by atoms with Gasteiger partial charge in [-0.1, -0.05) is 13.8 Å². The number of pyridine rings is 1. The molecule has 0 saturated heterocycles. The highest BCUT2D eigenvalue weighted by atomic mass is 16.5. The Balaban J connectivity index is 2.66. The molecular weight excluding hydrogens is 218 g/mol. The third-order valence-corrected chi connectivity index (χ3v) is 2.12. The Hall–Kier alpha value is -1.78. The molecule has 5 nitrogen and oxygen atoms in total. The maximum atomic E-state index is 11.6. The van der Waals surface area contributed by atoms with Crippen molar-refractivity contribution in [2.24, 2.45) is 5.92 Å². The van der Waals surface area contributed by atoms with Crippen LogP contribution in [0.25, 0.3) is 0 Å². The number of ether oxygens (including phenoxy) is 1. The first-order valence-corrected chi connectivity index (χ1v) is 5.59. The Morgan fingerprint density at radius 3 is 2.76 bits per heavy atom. The fraction of sp³-hybridized carbons (Fsp3) is 0.500. The number of carbonyl (C=O) groups is 1. The van der Waals surface area contributed by atoms with Crippen molar-refractivity contribution < 1.29 is 9.53 Å². The van der Waals surface area contributed by atoms with Gasteiger partial charge in [-0.05, 0) is 25.0 Å². The molecule has 1 aromatic heterocycles. The van der Waals surface area contributed by atoms with Crippen LogP contribution in [-0.2, 0) is 0 Å². The number of aromatic nitrogens is 1. The van der Waals surface area contributed by atoms with Gasteiger partial charge in [0.05, 0.1) is 7.11 Å². The van der Waals surface area contributed by atoms with E-state index in [1.54, 1.807) is 13.2 Å². The predicted molar refractivity (Wildman–Crippen MR) is 67.4 cm³/mol. The lowest BCUT2D eigenvalue weighted by molar-refractivity contribution is 0.250. The zero-order valence-electron chi connectivity index (χ0n) is 10.7. The Morgan fingerprint density at radius 1 is 1.47 bits per heavy atom. The lowest BCUT2D eigenvalue weighted by atomic mass is 10.2. The molecule has 0 spiro atoms. The molecule has 1 rings (SSSR count). The van der Waals surface area contributed by atoms with Crippen molar-refractivity contribution in [3.05, 3.63) is 17.8 Å². The Bertz CT molecular complexity index is 391. The number of amides is 2. The van der Waals surface area contributed by atoms with Crippen LogP contribution >= 0.6 is 0 Å². The molecule has 2 N–H and O–H groups in total. The van der Waals surface area contributed by atoms with E-state index >= 15 is 0 Å². The molecule has 0 atom stereocenters. The van der Waals surface area contributed by atoms with Crippen LogP contribution in [0.1, 0.15) is 19.5 Å². The van der Waals surface area contributed by atoms with Crippen molar-refractivity contribution >= 4 is 11.8 Å². The molecule has 0 bridgehead atoms. The standard InChI is InChI=1S/C12H19N3O2/c1-8(2)7-13-12(16)15-11-10(17-4)6-5-9(3)14-11/h5-6,8H,7H2,1-4H3,(H2,13,14,15,16). The molecule has 17 heavy (non-hydrogen) atoms. The number of nitrogens with zero attached hydrogens (tertiary/aromatic N) is 1. The number of hydrogen-bond acceptors (Lipinski definition) is 3. The third kappa shape index (κ3) is 4.30. The first kappa shape index (κ1) is 13.3. The fourth-order valence-electron chi connectivity index (χ4n) is 1.25. The van der Waals surface area contributed by atoms with E-state index in [0.717, 1.165) is 5.69 Å². The van der Waals surface area contributed by atoms with Gasteiger partial charge in [0.25, 0.3) is 0 Å². The van der Waals surface area contributed by atoms with E-state index in [4.69, 9.17) is 4.74 Å². The van der Waals surface area contributed by atoms with Crippen LogP contribution in [0.15, 0.2) is 12.1 Å². The highest BCUT2D eigenvalue weighted by molar-refractivity contribution is 5.89. The minimum absolute atomic E-state index is 0.268. The number of aryl methyl sites for hydroxylation is 1. The average molecular weight is 237 g/mol. The third-order valence-electron chi connectivity index (χ3n) is 2.12. The maximum Gasteiger partial charge on any atom is 0.320 e. The molecule has 1 aromatic rings. The summed E-state index contributed by atoms with van der Waals surface area (Å²) in [5.41, 5.74) is 0.824. The monoisotopic (exact) mass is 237 g/mol. The largest absolute Gasteiger partial charge is 0.493 e. The summed E-state index contributed by atoms with van der Waals surface area (Å²) in [6, 6.07) is 3.34. The smallest absolute Gasteiger partial charge is 0.320 e. The highest BCUT2D eigenvalue weighted by Crippen LogP contribution is 2.21. The molecular formula is C12H19N3O2. The van der Waals surface area contributed by atoms with Crippen LogP contribution in [0.5, 0.6) is 5.75 Å². The number of methoxy groups -OCH3 is 1. The lowest BCUT2D eigenvalue weighted by Gasteiger charge is -2.11. The van der Waals surface area contributed by atoms with E-state index in [2.05, 4.69) is 15.6 Å². The molecule has 0 aliphatic rings. The van der Waals surface area contributed by atoms with Crippen LogP contribution in [0.2, 0.25) is 0 Å². The fourth-order valence-corrected chi connectivity index (χ4v) is 1.25. The topological polar surface area (TPSA) is 63.2 Å². The predicted octanol–water partition coefficient (Wildman–Crippen LogP) is 2.18. The number of carbonyl (C=O) groups excluding carboxylic acids is 1. The first-order chi connectivity index (χ1) is 8.02. The van der Waals surface area contributed by atoms with Gasteiger partial charge in [-0.3, -0.25) is 5.32 Å². The van der Waals surface area contributed by atoms with Crippen molar-refractivity contribution in [1.82, 2.24) is 10.3 Å². The van der Waals surface area contributed by atoms with Gasteiger partial charge in [-0.15, -0.1) is 0 Å². The molecule has 0 saturated carbocycles. The zero-order valence-corrected chi connectivity index (χ0v) is 10.7. The summed E-state index contributed by atoms with van der Waals surface area (Å²) in [7, 11) is 1.55. The molecule has 0 aliphatic heterocycles. The summed E-state index contributed by atoms with van der Waals surface area (Å²) in [4.78, 5) is 15.8. The summed E-state index contributed by atoms with van der Waals surface area (Å²) < 4.78 is 5.12. The first-order valence-electron chi connectivity index (χ1n) is 5.59. The van der Waals surface area contributed by atoms with E-state index in [0.29, 0.717) is 24.0 Å². The average Bonchev–Trinajstić information content (AvgIpc) is 2.27. The van der Waals surface area contributed by atoms with Gasteiger partial charge >= 0.3 is 6.03 Å². The molecule has 5 heteroatoms. The summed E-state index contributed by atoms with van der Waals surface area (Å²) in [6.07, 6.45) is 0. The second kappa shape index (κ2) is 6.08. The van der Waals surface area contributed by atoms with Gasteiger partial charge in [0.1, 0.15) is 0 Å². The number of nitrogens with one attached hydrogen (secondary N) is 2. The van der Waals surface area contributed by atoms with Gasteiger partial charge in [0, 0.05) is 12.2 Å². The van der Waals surface area contributed by atoms with E-state index in [1.807, 2.05) is 26.8 Å². The van der Waals surface area contributed by atoms with Gasteiger partial charge in [-0.2, -0.15) is 0 Å². The van der Waals surface area contributed by atoms with E-state index < -0.39 is 0 Å². The number of rotatable bonds is 4. The Labute approximate surface area is 102 Å². The van der Waals surface area contributed by atoms with Gasteiger partial charge in [-0.25, -0.2) is 9.78 Å². The van der Waals surface area contributed by atoms with Gasteiger partial charge in [0.15, 0.2) is 11.6 Å². The molecule has 0 radical (unpaired) electrons. The van der Waals surface area contributed by atoms with Crippen molar-refractivity contribution in [3.63, 3.8) is 0 Å². The van der Waals surface area contributed by atoms with Gasteiger partial charge < -0.3 is 10.1 Å². The van der Waals surface area contributed by atoms with Crippen molar-refractivity contribution in [2.45, 2.75) is 20.8 Å². The molecule has 0 aromatic carbocycles. The highest BCUT2D eigenvalue weighted by Gasteiger charge is 2.09. The number of urea groups is 1. The summed E-state index contributed by atoms with van der Waals surface area (Å²) in [5.74, 6) is 1.40. The molecule has 94 valence electrons. The molecule has 0 fully saturated rings. The lowest BCUT2D eigenvalue weighted by Crippen LogP contribution is -2.32. The maximum absolute atomic E-state index is 11.6. The van der Waals surface area contributed by atoms with Crippen LogP contribution in [0.4, 0.5) is 10.6 Å². The van der Waals surface area contributed by atoms with Crippen LogP contribution in [0, 0.1) is 12.8 Å². The van der Waals surface area contributed by atoms with Crippen LogP contribution in [0.3, 0.4) is 0 Å². The van der Waals surface area contributed by atoms with E-state index in [9.17, 15) is 4.79 Å². The number of hydrogen-bond donors (Lipinski definition) is 2. The zero-order chi connectivity index (χ0) is 12.8. The summed E-state index contributed by atoms with van der Waals surface area (Å²) >= 11 is 0. The van der Waals surface area contributed by atoms with E-state index in [-0.39, 0.29) is 6.03 Å². The number of anilines is 1. The SMILES string of the molecule is COc1ccc(C)nc1NC(=O)NCC(C)C. The van der Waals surface area contributed by atoms with Crippen LogP contribution < -0.4 is 15.4 Å². The van der Waals surface area contributed by atoms with E-state index in [1.165, 1.54) is 0 Å². The van der Waals surface area contributed by atoms with Gasteiger partial charge in [0.2, 0.25) is 0 Å². The van der Waals surface area contributed by atoms with Crippen molar-refractivity contribution in [3.8, 4) is 5.75 Å². The molecule has 0 aliphatic carbocycles.